The number of nitrogens with one attached hydrogen (secondary N) is 1. The highest BCUT2D eigenvalue weighted by Crippen LogP contribution is 2.29. The van der Waals surface area contributed by atoms with Crippen molar-refractivity contribution in [1.29, 1.82) is 0 Å². The molecule has 31 heavy (non-hydrogen) atoms. The molecule has 0 fully saturated rings. The number of thioether (sulfide) groups is 1. The third-order valence-corrected chi connectivity index (χ3v) is 4.84. The van der Waals surface area contributed by atoms with Crippen molar-refractivity contribution < 1.29 is 18.3 Å². The monoisotopic (exact) mass is 439 g/mol. The predicted octanol–water partition coefficient (Wildman–Crippen LogP) is 5.02. The number of amides is 1. The lowest BCUT2D eigenvalue weighted by Gasteiger charge is -2.10. The van der Waals surface area contributed by atoms with E-state index in [1.54, 1.807) is 65.6 Å². The zero-order valence-electron chi connectivity index (χ0n) is 15.9. The maximum Gasteiger partial charge on any atom is 0.288 e. The maximum absolute atomic E-state index is 12.7. The van der Waals surface area contributed by atoms with Crippen LogP contribution in [-0.4, -0.2) is 31.4 Å². The quantitative estimate of drug-likeness (QED) is 0.407. The Morgan fingerprint density at radius 3 is 2.61 bits per heavy atom. The van der Waals surface area contributed by atoms with Gasteiger partial charge in [0.15, 0.2) is 5.82 Å². The normalized spacial score (nSPS) is 10.8. The summed E-state index contributed by atoms with van der Waals surface area (Å²) in [4.78, 5) is 20.9. The SMILES string of the molecule is O=C(Nc1ccc(Oc2cc(-n3cccn3)ncn2)cc1)c1ccccc1SC(F)F. The van der Waals surface area contributed by atoms with Crippen molar-refractivity contribution in [3.8, 4) is 17.4 Å². The van der Waals surface area contributed by atoms with Crippen molar-refractivity contribution in [2.75, 3.05) is 5.32 Å². The summed E-state index contributed by atoms with van der Waals surface area (Å²) in [6, 6.07) is 16.2. The van der Waals surface area contributed by atoms with Gasteiger partial charge in [-0.05, 0) is 42.5 Å². The average Bonchev–Trinajstić information content (AvgIpc) is 3.30. The number of carbonyl (C=O) groups excluding carboxylic acids is 1. The molecule has 1 N–H and O–H groups in total. The first-order valence-corrected chi connectivity index (χ1v) is 9.91. The molecule has 0 aliphatic heterocycles. The van der Waals surface area contributed by atoms with Gasteiger partial charge in [0.1, 0.15) is 12.1 Å². The molecule has 0 spiro atoms. The highest BCUT2D eigenvalue weighted by molar-refractivity contribution is 7.99. The molecule has 2 heterocycles. The van der Waals surface area contributed by atoms with Crippen LogP contribution in [0.15, 0.2) is 84.3 Å². The molecule has 1 amide bonds. The van der Waals surface area contributed by atoms with E-state index in [0.29, 0.717) is 34.9 Å². The van der Waals surface area contributed by atoms with Crippen molar-refractivity contribution >= 4 is 23.4 Å². The van der Waals surface area contributed by atoms with E-state index in [1.165, 1.54) is 18.5 Å². The second-order valence-electron chi connectivity index (χ2n) is 6.12. The van der Waals surface area contributed by atoms with Gasteiger partial charge in [0.25, 0.3) is 11.7 Å². The Labute approximate surface area is 180 Å². The molecular weight excluding hydrogens is 424 g/mol. The van der Waals surface area contributed by atoms with Gasteiger partial charge >= 0.3 is 0 Å². The average molecular weight is 439 g/mol. The van der Waals surface area contributed by atoms with Crippen LogP contribution in [0.25, 0.3) is 5.82 Å². The second-order valence-corrected chi connectivity index (χ2v) is 7.15. The van der Waals surface area contributed by atoms with Crippen LogP contribution in [0.3, 0.4) is 0 Å². The third kappa shape index (κ3) is 5.23. The number of aromatic nitrogens is 4. The van der Waals surface area contributed by atoms with E-state index in [-0.39, 0.29) is 10.5 Å². The predicted molar refractivity (Wildman–Crippen MR) is 112 cm³/mol. The number of benzene rings is 2. The molecule has 10 heteroatoms. The molecule has 0 radical (unpaired) electrons. The maximum atomic E-state index is 12.7. The molecule has 0 saturated heterocycles. The summed E-state index contributed by atoms with van der Waals surface area (Å²) in [7, 11) is 0. The number of nitrogens with zero attached hydrogens (tertiary/aromatic N) is 4. The number of anilines is 1. The summed E-state index contributed by atoms with van der Waals surface area (Å²) in [5.74, 6) is -1.70. The Kier molecular flexibility index (Phi) is 6.18. The second kappa shape index (κ2) is 9.35. The van der Waals surface area contributed by atoms with E-state index in [1.807, 2.05) is 0 Å². The molecule has 156 valence electrons. The number of halogens is 2. The molecule has 0 unspecified atom stereocenters. The van der Waals surface area contributed by atoms with Gasteiger partial charge in [-0.1, -0.05) is 23.9 Å². The molecule has 0 aliphatic carbocycles. The number of alkyl halides is 2. The Balaban J connectivity index is 1.44. The summed E-state index contributed by atoms with van der Waals surface area (Å²) in [6.45, 7) is 0. The van der Waals surface area contributed by atoms with E-state index in [2.05, 4.69) is 20.4 Å². The summed E-state index contributed by atoms with van der Waals surface area (Å²) in [5, 5.41) is 6.81. The Morgan fingerprint density at radius 2 is 1.87 bits per heavy atom. The first-order chi connectivity index (χ1) is 15.1. The molecular formula is C21H15F2N5O2S. The zero-order valence-corrected chi connectivity index (χ0v) is 16.7. The van der Waals surface area contributed by atoms with Crippen LogP contribution < -0.4 is 10.1 Å². The van der Waals surface area contributed by atoms with Gasteiger partial charge in [-0.25, -0.2) is 14.6 Å². The summed E-state index contributed by atoms with van der Waals surface area (Å²) in [5.41, 5.74) is 0.675. The Hall–Kier alpha value is -3.79. The van der Waals surface area contributed by atoms with Crippen LogP contribution in [0.4, 0.5) is 14.5 Å². The molecule has 0 bridgehead atoms. The van der Waals surface area contributed by atoms with Crippen molar-refractivity contribution in [2.24, 2.45) is 0 Å². The standard InChI is InChI=1S/C21H15F2N5O2S/c22-21(23)31-17-5-2-1-4-16(17)20(29)27-14-6-8-15(9-7-14)30-19-12-18(24-13-25-19)28-11-3-10-26-28/h1-13,21H,(H,27,29). The fraction of sp³-hybridized carbons (Fsp3) is 0.0476. The fourth-order valence-corrected chi connectivity index (χ4v) is 3.33. The van der Waals surface area contributed by atoms with Gasteiger partial charge in [-0.15, -0.1) is 0 Å². The lowest BCUT2D eigenvalue weighted by atomic mass is 10.2. The summed E-state index contributed by atoms with van der Waals surface area (Å²) < 4.78 is 32.8. The molecule has 4 aromatic rings. The van der Waals surface area contributed by atoms with Gasteiger partial charge in [-0.2, -0.15) is 13.9 Å². The number of hydrogen-bond acceptors (Lipinski definition) is 6. The fourth-order valence-electron chi connectivity index (χ4n) is 2.69. The van der Waals surface area contributed by atoms with Crippen LogP contribution >= 0.6 is 11.8 Å². The van der Waals surface area contributed by atoms with E-state index < -0.39 is 11.7 Å². The van der Waals surface area contributed by atoms with Crippen LogP contribution in [0.2, 0.25) is 0 Å². The molecule has 4 rings (SSSR count). The summed E-state index contributed by atoms with van der Waals surface area (Å²) >= 11 is 0.335. The van der Waals surface area contributed by atoms with Gasteiger partial charge in [0, 0.05) is 29.0 Å². The summed E-state index contributed by atoms with van der Waals surface area (Å²) in [6.07, 6.45) is 4.76. The number of ether oxygens (including phenoxy) is 1. The molecule has 2 aromatic carbocycles. The van der Waals surface area contributed by atoms with Crippen LogP contribution in [-0.2, 0) is 0 Å². The highest BCUT2D eigenvalue weighted by Gasteiger charge is 2.15. The topological polar surface area (TPSA) is 81.9 Å². The molecule has 2 aromatic heterocycles. The van der Waals surface area contributed by atoms with Gasteiger partial charge in [0.05, 0.1) is 5.56 Å². The largest absolute Gasteiger partial charge is 0.439 e. The number of carbonyl (C=O) groups is 1. The first kappa shape index (κ1) is 20.5. The lowest BCUT2D eigenvalue weighted by Crippen LogP contribution is -2.13. The van der Waals surface area contributed by atoms with Crippen LogP contribution in [0.5, 0.6) is 11.6 Å². The molecule has 0 saturated carbocycles. The minimum Gasteiger partial charge on any atom is -0.439 e. The van der Waals surface area contributed by atoms with Gasteiger partial charge in [0.2, 0.25) is 5.88 Å². The smallest absolute Gasteiger partial charge is 0.288 e. The van der Waals surface area contributed by atoms with Crippen molar-refractivity contribution in [3.05, 3.63) is 84.9 Å². The first-order valence-electron chi connectivity index (χ1n) is 9.03. The molecule has 0 aliphatic rings. The Bertz CT molecular complexity index is 1170. The van der Waals surface area contributed by atoms with Crippen LogP contribution in [0.1, 0.15) is 10.4 Å². The van der Waals surface area contributed by atoms with Crippen molar-refractivity contribution in [2.45, 2.75) is 10.7 Å². The van der Waals surface area contributed by atoms with E-state index >= 15 is 0 Å². The van der Waals surface area contributed by atoms with E-state index in [9.17, 15) is 13.6 Å². The highest BCUT2D eigenvalue weighted by atomic mass is 32.2. The minimum absolute atomic E-state index is 0.181. The Morgan fingerprint density at radius 1 is 1.06 bits per heavy atom. The van der Waals surface area contributed by atoms with Crippen LogP contribution in [0, 0.1) is 0 Å². The molecule has 7 nitrogen and oxygen atoms in total. The van der Waals surface area contributed by atoms with Crippen molar-refractivity contribution in [1.82, 2.24) is 19.7 Å². The number of rotatable bonds is 7. The van der Waals surface area contributed by atoms with E-state index in [4.69, 9.17) is 4.74 Å². The third-order valence-electron chi connectivity index (χ3n) is 4.05. The number of hydrogen-bond donors (Lipinski definition) is 1. The van der Waals surface area contributed by atoms with Gasteiger partial charge in [-0.3, -0.25) is 4.79 Å². The minimum atomic E-state index is -2.61. The lowest BCUT2D eigenvalue weighted by molar-refractivity contribution is 0.102. The van der Waals surface area contributed by atoms with E-state index in [0.717, 1.165) is 0 Å². The van der Waals surface area contributed by atoms with Gasteiger partial charge < -0.3 is 10.1 Å². The van der Waals surface area contributed by atoms with Crippen molar-refractivity contribution in [3.63, 3.8) is 0 Å². The molecule has 0 atom stereocenters. The zero-order chi connectivity index (χ0) is 21.6.